The lowest BCUT2D eigenvalue weighted by Crippen LogP contribution is -2.44. The fraction of sp³-hybridized carbons (Fsp3) is 0.538. The molecule has 0 unspecified atom stereocenters. The molecule has 1 atom stereocenters. The third kappa shape index (κ3) is 2.63. The fourth-order valence-electron chi connectivity index (χ4n) is 2.38. The number of halogens is 1. The lowest BCUT2D eigenvalue weighted by atomic mass is 10.0. The molecule has 2 N–H and O–H groups in total. The highest BCUT2D eigenvalue weighted by Gasteiger charge is 2.24. The monoisotopic (exact) mass is 314 g/mol. The predicted molar refractivity (Wildman–Crippen MR) is 75.2 cm³/mol. The number of phenols is 1. The van der Waals surface area contributed by atoms with Crippen LogP contribution in [0.25, 0.3) is 0 Å². The Hall–Kier alpha value is -0.780. The maximum atomic E-state index is 10.3. The van der Waals surface area contributed by atoms with Crippen molar-refractivity contribution in [2.24, 2.45) is 0 Å². The molecule has 1 saturated heterocycles. The lowest BCUT2D eigenvalue weighted by Gasteiger charge is -2.33. The van der Waals surface area contributed by atoms with E-state index in [-0.39, 0.29) is 11.8 Å². The zero-order chi connectivity index (χ0) is 13.1. The number of rotatable bonds is 3. The van der Waals surface area contributed by atoms with Gasteiger partial charge in [0.1, 0.15) is 0 Å². The van der Waals surface area contributed by atoms with Gasteiger partial charge in [-0.25, -0.2) is 0 Å². The van der Waals surface area contributed by atoms with Crippen LogP contribution >= 0.6 is 15.9 Å². The van der Waals surface area contributed by atoms with Crippen LogP contribution in [0.2, 0.25) is 0 Å². The molecule has 1 heterocycles. The molecule has 0 bridgehead atoms. The maximum absolute atomic E-state index is 10.3. The molecule has 0 radical (unpaired) electrons. The first-order chi connectivity index (χ1) is 8.65. The van der Waals surface area contributed by atoms with Gasteiger partial charge in [0, 0.05) is 42.3 Å². The van der Waals surface area contributed by atoms with E-state index < -0.39 is 0 Å². The fourth-order valence-corrected chi connectivity index (χ4v) is 3.03. The Balaban J connectivity index is 2.30. The van der Waals surface area contributed by atoms with Crippen molar-refractivity contribution in [3.8, 4) is 11.5 Å². The second kappa shape index (κ2) is 5.91. The van der Waals surface area contributed by atoms with Gasteiger partial charge in [0.2, 0.25) is 0 Å². The van der Waals surface area contributed by atoms with Crippen LogP contribution < -0.4 is 10.1 Å². The largest absolute Gasteiger partial charge is 0.504 e. The van der Waals surface area contributed by atoms with Gasteiger partial charge in [-0.1, -0.05) is 15.9 Å². The second-order valence-corrected chi connectivity index (χ2v) is 5.33. The molecule has 100 valence electrons. The van der Waals surface area contributed by atoms with E-state index in [4.69, 9.17) is 4.74 Å². The van der Waals surface area contributed by atoms with Gasteiger partial charge in [-0.15, -0.1) is 0 Å². The van der Waals surface area contributed by atoms with Crippen LogP contribution in [-0.2, 0) is 0 Å². The van der Waals surface area contributed by atoms with E-state index in [9.17, 15) is 5.11 Å². The minimum atomic E-state index is 0.163. The molecule has 0 saturated carbocycles. The SMILES string of the molecule is COc1ccc(Br)c([C@@H](C)N2CCNCC2)c1O. The van der Waals surface area contributed by atoms with E-state index in [1.807, 2.05) is 6.07 Å². The number of aromatic hydroxyl groups is 1. The predicted octanol–water partition coefficient (Wildman–Crippen LogP) is 2.13. The summed E-state index contributed by atoms with van der Waals surface area (Å²) in [5.74, 6) is 0.757. The van der Waals surface area contributed by atoms with Gasteiger partial charge in [0.05, 0.1) is 7.11 Å². The van der Waals surface area contributed by atoms with Crippen LogP contribution in [0, 0.1) is 0 Å². The highest BCUT2D eigenvalue weighted by Crippen LogP contribution is 2.40. The smallest absolute Gasteiger partial charge is 0.163 e. The molecular weight excluding hydrogens is 296 g/mol. The van der Waals surface area contributed by atoms with Gasteiger partial charge >= 0.3 is 0 Å². The highest BCUT2D eigenvalue weighted by molar-refractivity contribution is 9.10. The second-order valence-electron chi connectivity index (χ2n) is 4.47. The number of methoxy groups -OCH3 is 1. The van der Waals surface area contributed by atoms with Crippen molar-refractivity contribution in [1.29, 1.82) is 0 Å². The Kier molecular flexibility index (Phi) is 4.48. The summed E-state index contributed by atoms with van der Waals surface area (Å²) < 4.78 is 6.10. The highest BCUT2D eigenvalue weighted by atomic mass is 79.9. The summed E-state index contributed by atoms with van der Waals surface area (Å²) in [5, 5.41) is 13.6. The molecule has 4 nitrogen and oxygen atoms in total. The third-order valence-corrected chi connectivity index (χ3v) is 4.16. The molecule has 2 rings (SSSR count). The zero-order valence-electron chi connectivity index (χ0n) is 10.7. The molecule has 1 fully saturated rings. The van der Waals surface area contributed by atoms with Crippen molar-refractivity contribution >= 4 is 15.9 Å². The molecule has 0 aromatic heterocycles. The van der Waals surface area contributed by atoms with Gasteiger partial charge in [-0.05, 0) is 19.1 Å². The van der Waals surface area contributed by atoms with E-state index in [1.165, 1.54) is 0 Å². The van der Waals surface area contributed by atoms with Crippen molar-refractivity contribution in [1.82, 2.24) is 10.2 Å². The van der Waals surface area contributed by atoms with Gasteiger partial charge in [-0.3, -0.25) is 4.90 Å². The molecule has 1 aliphatic rings. The van der Waals surface area contributed by atoms with E-state index >= 15 is 0 Å². The van der Waals surface area contributed by atoms with Crippen molar-refractivity contribution in [3.05, 3.63) is 22.2 Å². The molecule has 5 heteroatoms. The Morgan fingerprint density at radius 2 is 2.06 bits per heavy atom. The number of hydrogen-bond acceptors (Lipinski definition) is 4. The number of piperazine rings is 1. The maximum Gasteiger partial charge on any atom is 0.163 e. The minimum Gasteiger partial charge on any atom is -0.504 e. The standard InChI is InChI=1S/C13H19BrN2O2/c1-9(16-7-5-15-6-8-16)12-10(14)3-4-11(18-2)13(12)17/h3-4,9,15,17H,5-8H2,1-2H3/t9-/m1/s1. The number of benzene rings is 1. The van der Waals surface area contributed by atoms with E-state index in [0.29, 0.717) is 5.75 Å². The van der Waals surface area contributed by atoms with E-state index in [0.717, 1.165) is 36.2 Å². The molecule has 0 spiro atoms. The van der Waals surface area contributed by atoms with Crippen molar-refractivity contribution in [2.75, 3.05) is 33.3 Å². The minimum absolute atomic E-state index is 0.163. The van der Waals surface area contributed by atoms with Crippen LogP contribution in [0.4, 0.5) is 0 Å². The summed E-state index contributed by atoms with van der Waals surface area (Å²) in [4.78, 5) is 2.36. The summed E-state index contributed by atoms with van der Waals surface area (Å²) in [7, 11) is 1.57. The van der Waals surface area contributed by atoms with Gasteiger partial charge in [0.15, 0.2) is 11.5 Å². The number of phenolic OH excluding ortho intramolecular Hbond substituents is 1. The number of nitrogens with zero attached hydrogens (tertiary/aromatic N) is 1. The summed E-state index contributed by atoms with van der Waals surface area (Å²) in [6.45, 7) is 6.08. The number of hydrogen-bond donors (Lipinski definition) is 2. The van der Waals surface area contributed by atoms with Gasteiger partial charge in [-0.2, -0.15) is 0 Å². The van der Waals surface area contributed by atoms with Crippen molar-refractivity contribution < 1.29 is 9.84 Å². The molecule has 1 aliphatic heterocycles. The van der Waals surface area contributed by atoms with E-state index in [2.05, 4.69) is 33.1 Å². The summed E-state index contributed by atoms with van der Waals surface area (Å²) in [5.41, 5.74) is 0.899. The quantitative estimate of drug-likeness (QED) is 0.897. The van der Waals surface area contributed by atoms with Crippen molar-refractivity contribution in [3.63, 3.8) is 0 Å². The number of nitrogens with one attached hydrogen (secondary N) is 1. The van der Waals surface area contributed by atoms with Crippen molar-refractivity contribution in [2.45, 2.75) is 13.0 Å². The zero-order valence-corrected chi connectivity index (χ0v) is 12.3. The molecule has 0 amide bonds. The Morgan fingerprint density at radius 1 is 1.39 bits per heavy atom. The molecular formula is C13H19BrN2O2. The summed E-state index contributed by atoms with van der Waals surface area (Å²) in [6, 6.07) is 3.86. The first kappa shape index (κ1) is 13.6. The van der Waals surface area contributed by atoms with E-state index in [1.54, 1.807) is 13.2 Å². The first-order valence-electron chi connectivity index (χ1n) is 6.15. The molecule has 18 heavy (non-hydrogen) atoms. The summed E-state index contributed by atoms with van der Waals surface area (Å²) in [6.07, 6.45) is 0. The Labute approximate surface area is 116 Å². The van der Waals surface area contributed by atoms with Crippen LogP contribution in [-0.4, -0.2) is 43.3 Å². The van der Waals surface area contributed by atoms with Crippen LogP contribution in [0.1, 0.15) is 18.5 Å². The topological polar surface area (TPSA) is 44.7 Å². The number of ether oxygens (including phenoxy) is 1. The lowest BCUT2D eigenvalue weighted by molar-refractivity contribution is 0.181. The average Bonchev–Trinajstić information content (AvgIpc) is 2.40. The summed E-state index contributed by atoms with van der Waals surface area (Å²) >= 11 is 3.52. The first-order valence-corrected chi connectivity index (χ1v) is 6.94. The molecule has 0 aliphatic carbocycles. The third-order valence-electron chi connectivity index (χ3n) is 3.46. The Bertz CT molecular complexity index is 420. The average molecular weight is 315 g/mol. The Morgan fingerprint density at radius 3 is 2.67 bits per heavy atom. The normalized spacial score (nSPS) is 18.6. The molecule has 1 aromatic carbocycles. The van der Waals surface area contributed by atoms with Gasteiger partial charge < -0.3 is 15.2 Å². The van der Waals surface area contributed by atoms with Gasteiger partial charge in [0.25, 0.3) is 0 Å². The van der Waals surface area contributed by atoms with Crippen LogP contribution in [0.5, 0.6) is 11.5 Å². The van der Waals surface area contributed by atoms with Crippen LogP contribution in [0.3, 0.4) is 0 Å². The van der Waals surface area contributed by atoms with Crippen LogP contribution in [0.15, 0.2) is 16.6 Å². The molecule has 1 aromatic rings.